The van der Waals surface area contributed by atoms with Gasteiger partial charge < -0.3 is 54.7 Å². The van der Waals surface area contributed by atoms with Crippen molar-refractivity contribution in [2.45, 2.75) is 39.3 Å². The Hall–Kier alpha value is -14.0. The number of hydrogen-bond acceptors (Lipinski definition) is 22. The Balaban J connectivity index is 0.000000137. The number of methoxy groups -OCH3 is 1. The van der Waals surface area contributed by atoms with Crippen LogP contribution in [-0.2, 0) is 20.8 Å². The molecule has 0 saturated carbocycles. The second-order valence-electron chi connectivity index (χ2n) is 25.5. The van der Waals surface area contributed by atoms with Gasteiger partial charge in [-0.2, -0.15) is 15.8 Å². The molecular weight excluding hydrogens is 1530 g/mol. The Kier molecular flexibility index (Phi) is 21.7. The van der Waals surface area contributed by atoms with E-state index in [4.69, 9.17) is 40.0 Å². The van der Waals surface area contributed by atoms with Gasteiger partial charge >= 0.3 is 30.0 Å². The van der Waals surface area contributed by atoms with Crippen molar-refractivity contribution in [1.29, 1.82) is 15.8 Å². The molecule has 1 saturated heterocycles. The highest BCUT2D eigenvalue weighted by atomic mass is 35.5. The van der Waals surface area contributed by atoms with Gasteiger partial charge in [0.25, 0.3) is 11.5 Å². The van der Waals surface area contributed by atoms with Crippen LogP contribution in [0.3, 0.4) is 0 Å². The predicted octanol–water partition coefficient (Wildman–Crippen LogP) is 19.1. The molecule has 10 heterocycles. The number of carbonyl (C=O) groups is 6. The standard InChI is InChI=1S/C35H30N6O4S.C24H15ClN4O4S.C24H16N4O5S/c1-44-26-15-17-40(18-16-26)21-22-7-9-24(10-8-22)38-33(42)32-30-29-31(23(19-36)20-37-34(29)46-32)41(35(43)39-30)25-11-13-28(14-12-25)45-27-5-3-2-4-6-27;1-2-32-23(30)20-18-17-19(16(12-26)21(25)28-22(17)34-20)29(24(31)27-18)13-8-10-15(11-9-13)33-14-6-4-3-5-7-14;1-2-32-23(30)20-18-17-19(16(12-25)21(29)27-22(17)34-20)28(24(31)26-18)13-8-10-15(11-9-13)33-14-6-4-3-5-7-14/h2-14,20,26H,15-18,21H2,1H3,(H,38,42)(H,39,43);3-11H,2H2,1H3,(H,27,31);3-11H,2H2,1H3,(H,26,31)(H,27,29). The molecule has 4 aliphatic rings. The topological polar surface area (TPSA) is 349 Å². The zero-order valence-electron chi connectivity index (χ0n) is 60.4. The number of aromatic nitrogens is 3. The van der Waals surface area contributed by atoms with Crippen molar-refractivity contribution >= 4 is 169 Å². The lowest BCUT2D eigenvalue weighted by Crippen LogP contribution is -2.36. The first-order valence-electron chi connectivity index (χ1n) is 35.4. The van der Waals surface area contributed by atoms with Gasteiger partial charge in [0, 0.05) is 38.6 Å². The van der Waals surface area contributed by atoms with Crippen molar-refractivity contribution < 1.29 is 57.2 Å². The molecule has 7 aromatic carbocycles. The number of aromatic amines is 1. The highest BCUT2D eigenvalue weighted by molar-refractivity contribution is 7.22. The van der Waals surface area contributed by atoms with Crippen molar-refractivity contribution in [3.8, 4) is 52.7 Å². The number of ether oxygens (including phenoxy) is 6. The number of para-hydroxylation sites is 3. The number of likely N-dealkylation sites (tertiary alicyclic amines) is 1. The molecule has 27 nitrogen and oxygen atoms in total. The third-order valence-electron chi connectivity index (χ3n) is 18.5. The number of urea groups is 3. The minimum atomic E-state index is -0.656. The quantitative estimate of drug-likeness (QED) is 0.0393. The summed E-state index contributed by atoms with van der Waals surface area (Å²) in [7, 11) is 1.77. The summed E-state index contributed by atoms with van der Waals surface area (Å²) in [5.74, 6) is 2.17. The predicted molar refractivity (Wildman–Crippen MR) is 435 cm³/mol. The zero-order valence-corrected chi connectivity index (χ0v) is 63.6. The number of pyridine rings is 3. The summed E-state index contributed by atoms with van der Waals surface area (Å²) < 4.78 is 33.2. The fourth-order valence-corrected chi connectivity index (χ4v) is 16.6. The first-order valence-corrected chi connectivity index (χ1v) is 38.2. The van der Waals surface area contributed by atoms with E-state index in [0.29, 0.717) is 110 Å². The molecule has 5 N–H and O–H groups in total. The smallest absolute Gasteiger partial charge is 0.350 e. The van der Waals surface area contributed by atoms with Crippen LogP contribution in [0.2, 0.25) is 5.15 Å². The van der Waals surface area contributed by atoms with Gasteiger partial charge in [0.05, 0.1) is 92.2 Å². The van der Waals surface area contributed by atoms with E-state index in [9.17, 15) is 49.3 Å². The highest BCUT2D eigenvalue weighted by Crippen LogP contribution is 2.52. The summed E-state index contributed by atoms with van der Waals surface area (Å²) in [4.78, 5) is 111. The van der Waals surface area contributed by atoms with Gasteiger partial charge in [0.1, 0.15) is 93.0 Å². The molecule has 0 unspecified atom stereocenters. The lowest BCUT2D eigenvalue weighted by Gasteiger charge is -2.31. The molecule has 0 spiro atoms. The Morgan fingerprint density at radius 2 is 0.956 bits per heavy atom. The van der Waals surface area contributed by atoms with Gasteiger partial charge in [-0.3, -0.25) is 29.2 Å². The van der Waals surface area contributed by atoms with Crippen LogP contribution in [0.25, 0.3) is 30.6 Å². The van der Waals surface area contributed by atoms with Crippen molar-refractivity contribution in [1.82, 2.24) is 19.9 Å². The number of H-pyrrole nitrogens is 1. The third-order valence-corrected chi connectivity index (χ3v) is 22.0. The lowest BCUT2D eigenvalue weighted by atomic mass is 10.1. The van der Waals surface area contributed by atoms with E-state index in [1.165, 1.54) is 32.2 Å². The van der Waals surface area contributed by atoms with Crippen molar-refractivity contribution in [2.75, 3.05) is 69.4 Å². The Morgan fingerprint density at radius 1 is 0.526 bits per heavy atom. The monoisotopic (exact) mass is 1590 g/mol. The van der Waals surface area contributed by atoms with Gasteiger partial charge in [0.2, 0.25) is 0 Å². The normalized spacial score (nSPS) is 13.3. The van der Waals surface area contributed by atoms with Crippen molar-refractivity contribution in [3.05, 3.63) is 247 Å². The molecule has 31 heteroatoms. The van der Waals surface area contributed by atoms with E-state index >= 15 is 0 Å². The maximum Gasteiger partial charge on any atom is 0.350 e. The van der Waals surface area contributed by atoms with E-state index < -0.39 is 35.6 Å². The molecule has 7 amide bonds. The van der Waals surface area contributed by atoms with E-state index in [2.05, 4.69) is 47.2 Å². The van der Waals surface area contributed by atoms with Crippen LogP contribution in [0.5, 0.6) is 34.5 Å². The molecule has 17 rings (SSSR count). The Labute approximate surface area is 665 Å². The summed E-state index contributed by atoms with van der Waals surface area (Å²) in [6.45, 7) is 6.51. The fraction of sp³-hybridized carbons (Fsp3) is 0.133. The molecule has 0 atom stereocenters. The molecular formula is C83H61ClN14O13S3. The molecule has 0 aliphatic carbocycles. The molecule has 566 valence electrons. The number of esters is 2. The highest BCUT2D eigenvalue weighted by Gasteiger charge is 2.40. The van der Waals surface area contributed by atoms with Crippen LogP contribution in [0.1, 0.15) is 78.0 Å². The number of nitrogens with one attached hydrogen (secondary N) is 5. The number of thiophene rings is 3. The first kappa shape index (κ1) is 75.4. The van der Waals surface area contributed by atoms with Crippen LogP contribution >= 0.6 is 45.6 Å². The van der Waals surface area contributed by atoms with Gasteiger partial charge in [-0.05, 0) is 154 Å². The SMILES string of the molecule is CCOC(=O)c1sc2[nH]c(=O)c(C#N)c3c2c1NC(=O)N3c1ccc(Oc2ccccc2)cc1.CCOC(=O)c1sc2nc(Cl)c(C#N)c3c2c1NC(=O)N3c1ccc(Oc2ccccc2)cc1.COC1CCN(Cc2ccc(NC(=O)c3sc4ncc(C#N)c5c4c3NC(=O)N5c3ccc(Oc4ccccc4)cc3)cc2)CC1. The molecule has 114 heavy (non-hydrogen) atoms. The van der Waals surface area contributed by atoms with Crippen LogP contribution in [-0.4, -0.2) is 95.3 Å². The summed E-state index contributed by atoms with van der Waals surface area (Å²) in [5.41, 5.74) is 4.18. The number of nitrogens with zero attached hydrogens (tertiary/aromatic N) is 9. The minimum Gasteiger partial charge on any atom is -0.462 e. The largest absolute Gasteiger partial charge is 0.462 e. The van der Waals surface area contributed by atoms with Crippen molar-refractivity contribution in [2.24, 2.45) is 0 Å². The summed E-state index contributed by atoms with van der Waals surface area (Å²) >= 11 is 9.51. The fourth-order valence-electron chi connectivity index (χ4n) is 13.3. The van der Waals surface area contributed by atoms with E-state index in [1.54, 1.807) is 93.8 Å². The number of rotatable bonds is 18. The van der Waals surface area contributed by atoms with E-state index in [-0.39, 0.29) is 73.5 Å². The number of nitriles is 3. The van der Waals surface area contributed by atoms with E-state index in [1.807, 2.05) is 127 Å². The third kappa shape index (κ3) is 15.1. The average molecular weight is 1590 g/mol. The van der Waals surface area contributed by atoms with Gasteiger partial charge in [-0.1, -0.05) is 78.3 Å². The summed E-state index contributed by atoms with van der Waals surface area (Å²) in [5, 5.41) is 42.2. The van der Waals surface area contributed by atoms with E-state index in [0.717, 1.165) is 60.7 Å². The molecule has 4 aliphatic heterocycles. The summed E-state index contributed by atoms with van der Waals surface area (Å²) in [6, 6.07) is 60.7. The van der Waals surface area contributed by atoms with Gasteiger partial charge in [-0.25, -0.2) is 33.9 Å². The zero-order chi connectivity index (χ0) is 79.3. The number of halogens is 1. The molecule has 0 radical (unpaired) electrons. The second kappa shape index (κ2) is 32.9. The molecule has 0 bridgehead atoms. The average Bonchev–Trinajstić information content (AvgIpc) is 1.72. The minimum absolute atomic E-state index is 0.0306. The lowest BCUT2D eigenvalue weighted by molar-refractivity contribution is 0.0388. The maximum absolute atomic E-state index is 13.6. The van der Waals surface area contributed by atoms with Gasteiger partial charge in [-0.15, -0.1) is 34.0 Å². The molecule has 13 aromatic rings. The van der Waals surface area contributed by atoms with Gasteiger partial charge in [0.15, 0.2) is 5.15 Å². The van der Waals surface area contributed by atoms with Crippen LogP contribution < -0.4 is 55.7 Å². The first-order chi connectivity index (χ1) is 55.5. The number of carbonyl (C=O) groups excluding carboxylic acids is 6. The summed E-state index contributed by atoms with van der Waals surface area (Å²) in [6.07, 6.45) is 3.83. The number of amides is 7. The van der Waals surface area contributed by atoms with Crippen LogP contribution in [0.4, 0.5) is 71.3 Å². The number of benzene rings is 7. The number of anilines is 10. The van der Waals surface area contributed by atoms with Crippen molar-refractivity contribution in [3.63, 3.8) is 0 Å². The Morgan fingerprint density at radius 3 is 1.42 bits per heavy atom. The van der Waals surface area contributed by atoms with Crippen LogP contribution in [0.15, 0.2) is 199 Å². The van der Waals surface area contributed by atoms with Crippen LogP contribution in [0, 0.1) is 34.0 Å². The number of piperidine rings is 1. The molecule has 1 fully saturated rings. The number of hydrogen-bond donors (Lipinski definition) is 5. The second-order valence-corrected chi connectivity index (χ2v) is 28.8. The Bertz CT molecular complexity index is 6140. The maximum atomic E-state index is 13.6. The molecule has 6 aromatic heterocycles.